The van der Waals surface area contributed by atoms with Crippen LogP contribution in [0, 0.1) is 0 Å². The van der Waals surface area contributed by atoms with Crippen LogP contribution in [0.25, 0.3) is 11.2 Å². The number of rotatable bonds is 2. The molecule has 2 heterocycles. The van der Waals surface area contributed by atoms with E-state index in [1.807, 2.05) is 13.8 Å². The second kappa shape index (κ2) is 4.09. The third kappa shape index (κ3) is 1.99. The summed E-state index contributed by atoms with van der Waals surface area (Å²) in [5, 5.41) is 3.06. The number of hydrogen-bond donors (Lipinski definition) is 2. The van der Waals surface area contributed by atoms with Gasteiger partial charge >= 0.3 is 0 Å². The summed E-state index contributed by atoms with van der Waals surface area (Å²) in [6, 6.07) is 0.0737. The molecule has 5 nitrogen and oxygen atoms in total. The van der Waals surface area contributed by atoms with Gasteiger partial charge in [-0.3, -0.25) is 4.79 Å². The summed E-state index contributed by atoms with van der Waals surface area (Å²) in [5.74, 6) is -0.183. The smallest absolute Gasteiger partial charge is 0.255 e. The van der Waals surface area contributed by atoms with Crippen LogP contribution in [0.5, 0.6) is 0 Å². The normalized spacial score (nSPS) is 11.0. The van der Waals surface area contributed by atoms with E-state index in [0.717, 1.165) is 0 Å². The minimum Gasteiger partial charge on any atom is -0.350 e. The van der Waals surface area contributed by atoms with E-state index in [4.69, 9.17) is 11.6 Å². The van der Waals surface area contributed by atoms with Gasteiger partial charge in [0.1, 0.15) is 10.7 Å². The number of carbonyl (C=O) groups is 1. The summed E-state index contributed by atoms with van der Waals surface area (Å²) in [7, 11) is 0. The first-order chi connectivity index (χ1) is 7.58. The van der Waals surface area contributed by atoms with E-state index in [1.165, 1.54) is 6.20 Å². The minimum absolute atomic E-state index is 0.0737. The standard InChI is InChI=1S/C10H11ClN4O/c1-5(2)14-10(16)6-3-12-9-8(6)15-7(11)4-13-9/h3-5H,1-2H3,(H,12,13)(H,14,16). The fourth-order valence-electron chi connectivity index (χ4n) is 1.38. The van der Waals surface area contributed by atoms with Crippen molar-refractivity contribution in [1.82, 2.24) is 20.3 Å². The molecule has 0 radical (unpaired) electrons. The van der Waals surface area contributed by atoms with Crippen molar-refractivity contribution in [3.63, 3.8) is 0 Å². The number of hydrogen-bond acceptors (Lipinski definition) is 3. The SMILES string of the molecule is CC(C)NC(=O)c1c[nH]c2ncc(Cl)nc12. The van der Waals surface area contributed by atoms with Crippen LogP contribution in [-0.4, -0.2) is 26.9 Å². The lowest BCUT2D eigenvalue weighted by molar-refractivity contribution is 0.0944. The van der Waals surface area contributed by atoms with E-state index in [0.29, 0.717) is 16.7 Å². The van der Waals surface area contributed by atoms with Gasteiger partial charge in [0.05, 0.1) is 11.8 Å². The Morgan fingerprint density at radius 1 is 1.56 bits per heavy atom. The highest BCUT2D eigenvalue weighted by Gasteiger charge is 2.14. The summed E-state index contributed by atoms with van der Waals surface area (Å²) in [5.41, 5.74) is 1.50. The average Bonchev–Trinajstić information content (AvgIpc) is 2.59. The maximum atomic E-state index is 11.8. The van der Waals surface area contributed by atoms with Crippen molar-refractivity contribution in [3.05, 3.63) is 23.1 Å². The van der Waals surface area contributed by atoms with Crippen molar-refractivity contribution in [3.8, 4) is 0 Å². The van der Waals surface area contributed by atoms with Gasteiger partial charge in [0.15, 0.2) is 5.65 Å². The van der Waals surface area contributed by atoms with Crippen LogP contribution in [-0.2, 0) is 0 Å². The molecule has 16 heavy (non-hydrogen) atoms. The highest BCUT2D eigenvalue weighted by molar-refractivity contribution is 6.29. The zero-order valence-electron chi connectivity index (χ0n) is 8.91. The molecule has 0 bridgehead atoms. The monoisotopic (exact) mass is 238 g/mol. The number of fused-ring (bicyclic) bond motifs is 1. The van der Waals surface area contributed by atoms with Crippen LogP contribution < -0.4 is 5.32 Å². The van der Waals surface area contributed by atoms with Crippen LogP contribution in [0.1, 0.15) is 24.2 Å². The first kappa shape index (κ1) is 10.9. The average molecular weight is 239 g/mol. The predicted octanol–water partition coefficient (Wildman–Crippen LogP) is 1.75. The summed E-state index contributed by atoms with van der Waals surface area (Å²) in [6.07, 6.45) is 3.02. The van der Waals surface area contributed by atoms with Crippen molar-refractivity contribution in [2.75, 3.05) is 0 Å². The van der Waals surface area contributed by atoms with Crippen LogP contribution >= 0.6 is 11.6 Å². The lowest BCUT2D eigenvalue weighted by Crippen LogP contribution is -2.29. The van der Waals surface area contributed by atoms with Crippen LogP contribution in [0.3, 0.4) is 0 Å². The molecule has 0 fully saturated rings. The fraction of sp³-hybridized carbons (Fsp3) is 0.300. The topological polar surface area (TPSA) is 70.7 Å². The number of amides is 1. The molecule has 2 N–H and O–H groups in total. The highest BCUT2D eigenvalue weighted by Crippen LogP contribution is 2.16. The van der Waals surface area contributed by atoms with E-state index in [1.54, 1.807) is 6.20 Å². The maximum absolute atomic E-state index is 11.8. The third-order valence-corrected chi connectivity index (χ3v) is 2.20. The van der Waals surface area contributed by atoms with Gasteiger partial charge in [-0.15, -0.1) is 0 Å². The van der Waals surface area contributed by atoms with Crippen LogP contribution in [0.2, 0.25) is 5.15 Å². The van der Waals surface area contributed by atoms with Gasteiger partial charge in [-0.2, -0.15) is 0 Å². The Balaban J connectivity index is 2.44. The molecule has 0 aromatic carbocycles. The van der Waals surface area contributed by atoms with Crippen molar-refractivity contribution in [2.24, 2.45) is 0 Å². The molecule has 0 saturated heterocycles. The quantitative estimate of drug-likeness (QED) is 0.837. The molecule has 1 amide bonds. The fourth-order valence-corrected chi connectivity index (χ4v) is 1.52. The lowest BCUT2D eigenvalue weighted by atomic mass is 10.2. The molecular formula is C10H11ClN4O. The molecule has 0 aliphatic rings. The molecule has 0 aliphatic heterocycles. The number of aromatic amines is 1. The van der Waals surface area contributed by atoms with Gasteiger partial charge < -0.3 is 10.3 Å². The lowest BCUT2D eigenvalue weighted by Gasteiger charge is -2.06. The molecular weight excluding hydrogens is 228 g/mol. The van der Waals surface area contributed by atoms with E-state index >= 15 is 0 Å². The van der Waals surface area contributed by atoms with Gasteiger partial charge in [0, 0.05) is 12.2 Å². The number of nitrogens with one attached hydrogen (secondary N) is 2. The minimum atomic E-state index is -0.183. The van der Waals surface area contributed by atoms with Crippen LogP contribution in [0.4, 0.5) is 0 Å². The van der Waals surface area contributed by atoms with Crippen molar-refractivity contribution >= 4 is 28.7 Å². The Hall–Kier alpha value is -1.62. The Kier molecular flexibility index (Phi) is 2.78. The number of nitrogens with zero attached hydrogens (tertiary/aromatic N) is 2. The first-order valence-corrected chi connectivity index (χ1v) is 5.26. The van der Waals surface area contributed by atoms with E-state index in [2.05, 4.69) is 20.3 Å². The summed E-state index contributed by atoms with van der Waals surface area (Å²) >= 11 is 5.74. The third-order valence-electron chi connectivity index (χ3n) is 2.02. The van der Waals surface area contributed by atoms with Gasteiger partial charge in [-0.25, -0.2) is 9.97 Å². The molecule has 0 aliphatic carbocycles. The van der Waals surface area contributed by atoms with Crippen molar-refractivity contribution < 1.29 is 4.79 Å². The molecule has 6 heteroatoms. The number of H-pyrrole nitrogens is 1. The Labute approximate surface area is 97.2 Å². The Bertz CT molecular complexity index is 535. The number of carbonyl (C=O) groups excluding carboxylic acids is 1. The highest BCUT2D eigenvalue weighted by atomic mass is 35.5. The summed E-state index contributed by atoms with van der Waals surface area (Å²) in [4.78, 5) is 22.8. The molecule has 84 valence electrons. The van der Waals surface area contributed by atoms with Crippen molar-refractivity contribution in [1.29, 1.82) is 0 Å². The van der Waals surface area contributed by atoms with E-state index < -0.39 is 0 Å². The van der Waals surface area contributed by atoms with Gasteiger partial charge in [-0.05, 0) is 13.8 Å². The largest absolute Gasteiger partial charge is 0.350 e. The molecule has 0 unspecified atom stereocenters. The van der Waals surface area contributed by atoms with E-state index in [9.17, 15) is 4.79 Å². The van der Waals surface area contributed by atoms with Gasteiger partial charge in [-0.1, -0.05) is 11.6 Å². The molecule has 0 atom stereocenters. The maximum Gasteiger partial charge on any atom is 0.255 e. The molecule has 2 aromatic rings. The Morgan fingerprint density at radius 3 is 3.00 bits per heavy atom. The molecule has 0 spiro atoms. The van der Waals surface area contributed by atoms with Crippen LogP contribution in [0.15, 0.2) is 12.4 Å². The zero-order chi connectivity index (χ0) is 11.7. The number of aromatic nitrogens is 3. The molecule has 2 aromatic heterocycles. The van der Waals surface area contributed by atoms with Crippen molar-refractivity contribution in [2.45, 2.75) is 19.9 Å². The number of halogens is 1. The second-order valence-corrected chi connectivity index (χ2v) is 4.11. The van der Waals surface area contributed by atoms with Gasteiger partial charge in [0.25, 0.3) is 5.91 Å². The Morgan fingerprint density at radius 2 is 2.31 bits per heavy atom. The summed E-state index contributed by atoms with van der Waals surface area (Å²) < 4.78 is 0. The van der Waals surface area contributed by atoms with E-state index in [-0.39, 0.29) is 17.1 Å². The first-order valence-electron chi connectivity index (χ1n) is 4.88. The zero-order valence-corrected chi connectivity index (χ0v) is 9.67. The predicted molar refractivity (Wildman–Crippen MR) is 61.5 cm³/mol. The molecule has 0 saturated carbocycles. The molecule has 2 rings (SSSR count). The summed E-state index contributed by atoms with van der Waals surface area (Å²) in [6.45, 7) is 3.79. The van der Waals surface area contributed by atoms with Gasteiger partial charge in [0.2, 0.25) is 0 Å². The second-order valence-electron chi connectivity index (χ2n) is 3.72.